The number of hydrogen-bond donors (Lipinski definition) is 2. The maximum atomic E-state index is 13.8. The van der Waals surface area contributed by atoms with Gasteiger partial charge in [-0.15, -0.1) is 0 Å². The number of halogens is 4. The minimum atomic E-state index is -1.04. The highest BCUT2D eigenvalue weighted by molar-refractivity contribution is 9.10. The van der Waals surface area contributed by atoms with Crippen molar-refractivity contribution in [3.8, 4) is 5.75 Å². The van der Waals surface area contributed by atoms with Gasteiger partial charge in [0.25, 0.3) is 0 Å². The van der Waals surface area contributed by atoms with Gasteiger partial charge in [-0.3, -0.25) is 9.59 Å². The molecular weight excluding hydrogens is 536 g/mol. The minimum Gasteiger partial charge on any atom is -0.489 e. The summed E-state index contributed by atoms with van der Waals surface area (Å²) in [6.07, 6.45) is 0. The Morgan fingerprint density at radius 3 is 2.42 bits per heavy atom. The summed E-state index contributed by atoms with van der Waals surface area (Å²) >= 11 is 15.1. The number of carbonyl (C=O) groups is 2. The van der Waals surface area contributed by atoms with Crippen LogP contribution in [0.25, 0.3) is 0 Å². The van der Waals surface area contributed by atoms with Gasteiger partial charge < -0.3 is 10.1 Å². The molecule has 0 fully saturated rings. The average molecular weight is 553 g/mol. The molecule has 0 atom stereocenters. The summed E-state index contributed by atoms with van der Waals surface area (Å²) in [5.74, 6) is -2.14. The highest BCUT2D eigenvalue weighted by atomic mass is 79.9. The van der Waals surface area contributed by atoms with Crippen molar-refractivity contribution in [1.29, 1.82) is 0 Å². The molecule has 33 heavy (non-hydrogen) atoms. The third kappa shape index (κ3) is 7.02. The molecule has 0 aliphatic rings. The van der Waals surface area contributed by atoms with Crippen LogP contribution in [0, 0.1) is 5.82 Å². The summed E-state index contributed by atoms with van der Waals surface area (Å²) in [7, 11) is 0. The Bertz CT molecular complexity index is 1220. The fraction of sp³-hybridized carbons (Fsp3) is 0.0870. The molecule has 3 aromatic rings. The summed E-state index contributed by atoms with van der Waals surface area (Å²) in [6, 6.07) is 16.2. The molecule has 10 heteroatoms. The Morgan fingerprint density at radius 2 is 1.76 bits per heavy atom. The van der Waals surface area contributed by atoms with Crippen LogP contribution >= 0.6 is 39.1 Å². The summed E-state index contributed by atoms with van der Waals surface area (Å²) in [6.45, 7) is 1.93. The Balaban J connectivity index is 1.55. The van der Waals surface area contributed by atoms with E-state index in [1.165, 1.54) is 18.2 Å². The number of benzene rings is 3. The van der Waals surface area contributed by atoms with Crippen LogP contribution in [-0.4, -0.2) is 17.5 Å². The quantitative estimate of drug-likeness (QED) is 0.225. The second kappa shape index (κ2) is 11.3. The smallest absolute Gasteiger partial charge is 0.329 e. The predicted octanol–water partition coefficient (Wildman–Crippen LogP) is 5.95. The number of amides is 2. The molecule has 0 saturated carbocycles. The molecule has 0 spiro atoms. The van der Waals surface area contributed by atoms with Crippen LogP contribution in [-0.2, 0) is 16.2 Å². The van der Waals surface area contributed by atoms with E-state index in [-0.39, 0.29) is 12.3 Å². The lowest BCUT2D eigenvalue weighted by Gasteiger charge is -2.09. The lowest BCUT2D eigenvalue weighted by atomic mass is 10.1. The topological polar surface area (TPSA) is 79.8 Å². The van der Waals surface area contributed by atoms with E-state index in [2.05, 4.69) is 31.8 Å². The molecule has 2 N–H and O–H groups in total. The molecule has 0 aliphatic heterocycles. The van der Waals surface area contributed by atoms with Crippen LogP contribution in [0.1, 0.15) is 18.1 Å². The summed E-state index contributed by atoms with van der Waals surface area (Å²) in [5, 5.41) is 7.18. The van der Waals surface area contributed by atoms with Crippen LogP contribution in [0.2, 0.25) is 10.0 Å². The van der Waals surface area contributed by atoms with Crippen LogP contribution in [0.4, 0.5) is 10.1 Å². The van der Waals surface area contributed by atoms with Gasteiger partial charge in [0.1, 0.15) is 18.2 Å². The number of rotatable bonds is 6. The maximum absolute atomic E-state index is 13.8. The Hall–Kier alpha value is -2.94. The van der Waals surface area contributed by atoms with Crippen molar-refractivity contribution in [2.75, 3.05) is 5.32 Å². The van der Waals surface area contributed by atoms with Gasteiger partial charge >= 0.3 is 11.8 Å². The van der Waals surface area contributed by atoms with E-state index in [0.717, 1.165) is 5.56 Å². The zero-order valence-electron chi connectivity index (χ0n) is 17.2. The first-order chi connectivity index (χ1) is 15.7. The average Bonchev–Trinajstić information content (AvgIpc) is 2.78. The summed E-state index contributed by atoms with van der Waals surface area (Å²) < 4.78 is 20.0. The van der Waals surface area contributed by atoms with Gasteiger partial charge in [-0.05, 0) is 67.1 Å². The van der Waals surface area contributed by atoms with Gasteiger partial charge in [0.05, 0.1) is 11.4 Å². The van der Waals surface area contributed by atoms with E-state index in [0.29, 0.717) is 31.5 Å². The normalized spacial score (nSPS) is 11.1. The third-order valence-corrected chi connectivity index (χ3v) is 5.47. The standard InChI is InChI=1S/C23H17BrCl2FN3O3/c1-13(29-30-23(32)22(31)28-21-9-5-16(24)10-20(21)27)14-3-7-18(8-4-14)33-12-15-2-6-17(25)11-19(15)26/h2-11H,12H2,1H3,(H,28,31)(H,30,32). The number of anilines is 1. The molecule has 0 saturated heterocycles. The number of nitrogens with one attached hydrogen (secondary N) is 2. The summed E-state index contributed by atoms with van der Waals surface area (Å²) in [4.78, 5) is 24.0. The summed E-state index contributed by atoms with van der Waals surface area (Å²) in [5.41, 5.74) is 3.99. The fourth-order valence-electron chi connectivity index (χ4n) is 2.61. The highest BCUT2D eigenvalue weighted by Gasteiger charge is 2.15. The van der Waals surface area contributed by atoms with Crippen molar-refractivity contribution in [1.82, 2.24) is 5.43 Å². The van der Waals surface area contributed by atoms with Gasteiger partial charge in [-0.2, -0.15) is 5.10 Å². The first-order valence-electron chi connectivity index (χ1n) is 9.51. The van der Waals surface area contributed by atoms with E-state index in [9.17, 15) is 14.0 Å². The van der Waals surface area contributed by atoms with E-state index in [1.54, 1.807) is 49.4 Å². The van der Waals surface area contributed by atoms with Crippen LogP contribution in [0.15, 0.2) is 70.2 Å². The largest absolute Gasteiger partial charge is 0.489 e. The van der Waals surface area contributed by atoms with Crippen LogP contribution in [0.5, 0.6) is 5.75 Å². The first kappa shape index (κ1) is 24.7. The molecular formula is C23H17BrCl2FN3O3. The number of ether oxygens (including phenoxy) is 1. The first-order valence-corrected chi connectivity index (χ1v) is 11.1. The van der Waals surface area contributed by atoms with E-state index >= 15 is 0 Å². The van der Waals surface area contributed by atoms with Crippen LogP contribution in [0.3, 0.4) is 0 Å². The van der Waals surface area contributed by atoms with Crippen molar-refractivity contribution in [3.63, 3.8) is 0 Å². The molecule has 170 valence electrons. The second-order valence-electron chi connectivity index (χ2n) is 6.77. The monoisotopic (exact) mass is 551 g/mol. The lowest BCUT2D eigenvalue weighted by Crippen LogP contribution is -2.33. The molecule has 0 aromatic heterocycles. The molecule has 2 amide bonds. The van der Waals surface area contributed by atoms with Crippen molar-refractivity contribution < 1.29 is 18.7 Å². The third-order valence-electron chi connectivity index (χ3n) is 4.39. The minimum absolute atomic E-state index is 0.116. The van der Waals surface area contributed by atoms with Crippen molar-refractivity contribution in [2.45, 2.75) is 13.5 Å². The molecule has 3 aromatic carbocycles. The molecule has 0 unspecified atom stereocenters. The van der Waals surface area contributed by atoms with Gasteiger partial charge in [0, 0.05) is 20.1 Å². The van der Waals surface area contributed by atoms with Crippen LogP contribution < -0.4 is 15.5 Å². The molecule has 3 rings (SSSR count). The number of hydrogen-bond acceptors (Lipinski definition) is 4. The van der Waals surface area contributed by atoms with E-state index < -0.39 is 17.6 Å². The van der Waals surface area contributed by atoms with Gasteiger partial charge in [-0.1, -0.05) is 45.2 Å². The predicted molar refractivity (Wildman–Crippen MR) is 130 cm³/mol. The van der Waals surface area contributed by atoms with Crippen molar-refractivity contribution in [2.24, 2.45) is 5.10 Å². The van der Waals surface area contributed by atoms with Gasteiger partial charge in [-0.25, -0.2) is 9.82 Å². The zero-order chi connectivity index (χ0) is 24.0. The maximum Gasteiger partial charge on any atom is 0.329 e. The number of nitrogens with zero attached hydrogens (tertiary/aromatic N) is 1. The highest BCUT2D eigenvalue weighted by Crippen LogP contribution is 2.23. The second-order valence-corrected chi connectivity index (χ2v) is 8.52. The number of hydrazone groups is 1. The zero-order valence-corrected chi connectivity index (χ0v) is 20.3. The van der Waals surface area contributed by atoms with E-state index in [4.69, 9.17) is 27.9 Å². The van der Waals surface area contributed by atoms with Crippen molar-refractivity contribution in [3.05, 3.63) is 92.1 Å². The molecule has 0 radical (unpaired) electrons. The Kier molecular flexibility index (Phi) is 8.43. The molecule has 0 bridgehead atoms. The fourth-order valence-corrected chi connectivity index (χ4v) is 3.41. The molecule has 0 aliphatic carbocycles. The Morgan fingerprint density at radius 1 is 1.03 bits per heavy atom. The van der Waals surface area contributed by atoms with Gasteiger partial charge in [0.15, 0.2) is 0 Å². The SMILES string of the molecule is CC(=NNC(=O)C(=O)Nc1ccc(Br)cc1F)c1ccc(OCc2ccc(Cl)cc2Cl)cc1. The molecule has 0 heterocycles. The van der Waals surface area contributed by atoms with E-state index in [1.807, 2.05) is 0 Å². The van der Waals surface area contributed by atoms with Crippen molar-refractivity contribution >= 4 is 62.3 Å². The number of carbonyl (C=O) groups excluding carboxylic acids is 2. The lowest BCUT2D eigenvalue weighted by molar-refractivity contribution is -0.136. The van der Waals surface area contributed by atoms with Gasteiger partial charge in [0.2, 0.25) is 0 Å². The molecule has 6 nitrogen and oxygen atoms in total. The Labute approximate surface area is 207 Å².